The van der Waals surface area contributed by atoms with Gasteiger partial charge in [-0.1, -0.05) is 18.6 Å². The number of aryl methyl sites for hydroxylation is 1. The molecule has 0 radical (unpaired) electrons. The van der Waals surface area contributed by atoms with E-state index in [1.54, 1.807) is 7.11 Å². The summed E-state index contributed by atoms with van der Waals surface area (Å²) in [5.74, 6) is 1.31. The number of benzene rings is 1. The average molecular weight is 428 g/mol. The molecule has 1 aliphatic carbocycles. The van der Waals surface area contributed by atoms with Crippen molar-refractivity contribution in [2.45, 2.75) is 43.7 Å². The molecule has 0 atom stereocenters. The van der Waals surface area contributed by atoms with E-state index in [4.69, 9.17) is 4.74 Å². The van der Waals surface area contributed by atoms with E-state index >= 15 is 0 Å². The van der Waals surface area contributed by atoms with E-state index in [0.717, 1.165) is 62.2 Å². The Morgan fingerprint density at radius 1 is 1.23 bits per heavy atom. The summed E-state index contributed by atoms with van der Waals surface area (Å²) in [5.41, 5.74) is 2.99. The van der Waals surface area contributed by atoms with E-state index in [2.05, 4.69) is 44.6 Å². The molecule has 0 bridgehead atoms. The Balaban J connectivity index is 1.55. The van der Waals surface area contributed by atoms with Gasteiger partial charge in [-0.2, -0.15) is 13.2 Å². The first kappa shape index (κ1) is 19.9. The van der Waals surface area contributed by atoms with Crippen molar-refractivity contribution in [2.75, 3.05) is 18.6 Å². The Bertz CT molecular complexity index is 1160. The molecule has 2 aliphatic rings. The summed E-state index contributed by atoms with van der Waals surface area (Å²) in [6.45, 7) is 4.85. The molecule has 8 heteroatoms. The van der Waals surface area contributed by atoms with Gasteiger partial charge in [0, 0.05) is 18.4 Å². The number of nitrogens with zero attached hydrogens (tertiary/aromatic N) is 3. The first-order valence-electron chi connectivity index (χ1n) is 10.4. The topological polar surface area (TPSA) is 54.0 Å². The van der Waals surface area contributed by atoms with Crippen LogP contribution in [0.4, 0.5) is 18.9 Å². The van der Waals surface area contributed by atoms with Gasteiger partial charge in [0.25, 0.3) is 0 Å². The number of fused-ring (bicyclic) bond motifs is 2. The van der Waals surface area contributed by atoms with Gasteiger partial charge in [-0.25, -0.2) is 9.97 Å². The minimum Gasteiger partial charge on any atom is -0.483 e. The van der Waals surface area contributed by atoms with Crippen molar-refractivity contribution in [2.24, 2.45) is 0 Å². The summed E-state index contributed by atoms with van der Waals surface area (Å²) in [4.78, 5) is 13.8. The fourth-order valence-corrected chi connectivity index (χ4v) is 4.74. The van der Waals surface area contributed by atoms with Crippen molar-refractivity contribution in [3.63, 3.8) is 0 Å². The van der Waals surface area contributed by atoms with Crippen molar-refractivity contribution in [3.05, 3.63) is 65.4 Å². The number of aromatic nitrogens is 3. The lowest BCUT2D eigenvalue weighted by Gasteiger charge is -2.41. The number of aromatic amines is 1. The second-order valence-electron chi connectivity index (χ2n) is 8.31. The smallest absolute Gasteiger partial charge is 0.417 e. The number of alkyl halides is 3. The number of hydrogen-bond donors (Lipinski definition) is 1. The Morgan fingerprint density at radius 3 is 2.71 bits per heavy atom. The van der Waals surface area contributed by atoms with Crippen LogP contribution < -0.4 is 4.90 Å². The Kier molecular flexibility index (Phi) is 4.50. The summed E-state index contributed by atoms with van der Waals surface area (Å²) in [6.07, 6.45) is 1.21. The van der Waals surface area contributed by atoms with Crippen molar-refractivity contribution < 1.29 is 17.9 Å². The number of anilines is 1. The molecule has 1 saturated carbocycles. The highest BCUT2D eigenvalue weighted by molar-refractivity contribution is 5.72. The van der Waals surface area contributed by atoms with Crippen LogP contribution in [0.2, 0.25) is 0 Å². The van der Waals surface area contributed by atoms with Crippen LogP contribution in [0.25, 0.3) is 11.2 Å². The highest BCUT2D eigenvalue weighted by Crippen LogP contribution is 2.49. The molecule has 1 fully saturated rings. The molecule has 5 nitrogen and oxygen atoms in total. The zero-order valence-electron chi connectivity index (χ0n) is 17.2. The van der Waals surface area contributed by atoms with Gasteiger partial charge in [-0.15, -0.1) is 0 Å². The van der Waals surface area contributed by atoms with Crippen LogP contribution in [0.15, 0.2) is 42.9 Å². The van der Waals surface area contributed by atoms with Crippen molar-refractivity contribution >= 4 is 16.9 Å². The molecule has 0 unspecified atom stereocenters. The largest absolute Gasteiger partial charge is 0.483 e. The third-order valence-corrected chi connectivity index (χ3v) is 6.61. The molecule has 0 spiro atoms. The third-order valence-electron chi connectivity index (χ3n) is 6.61. The van der Waals surface area contributed by atoms with Gasteiger partial charge in [-0.05, 0) is 55.5 Å². The summed E-state index contributed by atoms with van der Waals surface area (Å²) in [6, 6.07) is 7.50. The van der Waals surface area contributed by atoms with Gasteiger partial charge in [0.1, 0.15) is 5.82 Å². The lowest BCUT2D eigenvalue weighted by Crippen LogP contribution is -2.37. The van der Waals surface area contributed by atoms with Crippen LogP contribution in [0.3, 0.4) is 0 Å². The van der Waals surface area contributed by atoms with Gasteiger partial charge in [0.15, 0.2) is 11.5 Å². The fourth-order valence-electron chi connectivity index (χ4n) is 4.74. The quantitative estimate of drug-likeness (QED) is 0.572. The first-order chi connectivity index (χ1) is 14.8. The van der Waals surface area contributed by atoms with Crippen LogP contribution in [0.1, 0.15) is 48.2 Å². The van der Waals surface area contributed by atoms with Crippen LogP contribution >= 0.6 is 0 Å². The van der Waals surface area contributed by atoms with Crippen molar-refractivity contribution in [1.29, 1.82) is 0 Å². The predicted octanol–water partition coefficient (Wildman–Crippen LogP) is 5.32. The summed E-state index contributed by atoms with van der Waals surface area (Å²) >= 11 is 0. The lowest BCUT2D eigenvalue weighted by atomic mass is 9.63. The van der Waals surface area contributed by atoms with Crippen LogP contribution in [0, 0.1) is 0 Å². The standard InChI is InChI=1S/C23H23F3N4O/c1-14(31-2)30-10-3-5-15-11-16(6-7-19(15)30)22(8-4-9-22)21-28-18-12-17(23(24,25)26)13-27-20(18)29-21/h6-7,11-13H,1,3-5,8-10H2,2H3,(H,27,28,29). The van der Waals surface area contributed by atoms with Crippen LogP contribution in [-0.4, -0.2) is 28.6 Å². The number of methoxy groups -OCH3 is 1. The summed E-state index contributed by atoms with van der Waals surface area (Å²) in [7, 11) is 1.62. The van der Waals surface area contributed by atoms with E-state index in [9.17, 15) is 13.2 Å². The number of H-pyrrole nitrogens is 1. The maximum absolute atomic E-state index is 13.1. The van der Waals surface area contributed by atoms with E-state index in [1.807, 2.05) is 0 Å². The SMILES string of the molecule is C=C(OC)N1CCCc2cc(C3(c4nc5ncc(C(F)(F)F)cc5[nH]4)CCC3)ccc21. The second kappa shape index (κ2) is 7.00. The highest BCUT2D eigenvalue weighted by atomic mass is 19.4. The van der Waals surface area contributed by atoms with Crippen LogP contribution in [0.5, 0.6) is 0 Å². The third kappa shape index (κ3) is 3.16. The van der Waals surface area contributed by atoms with E-state index in [-0.39, 0.29) is 5.41 Å². The minimum atomic E-state index is -4.43. The number of imidazole rings is 1. The lowest BCUT2D eigenvalue weighted by molar-refractivity contribution is -0.137. The molecule has 1 aliphatic heterocycles. The zero-order chi connectivity index (χ0) is 21.8. The normalized spacial score (nSPS) is 17.9. The highest BCUT2D eigenvalue weighted by Gasteiger charge is 2.44. The van der Waals surface area contributed by atoms with Gasteiger partial charge in [0.05, 0.1) is 23.6 Å². The molecule has 1 aromatic carbocycles. The number of nitrogens with one attached hydrogen (secondary N) is 1. The van der Waals surface area contributed by atoms with Crippen molar-refractivity contribution in [1.82, 2.24) is 15.0 Å². The maximum Gasteiger partial charge on any atom is 0.417 e. The molecule has 2 aromatic heterocycles. The van der Waals surface area contributed by atoms with Gasteiger partial charge in [-0.3, -0.25) is 0 Å². The van der Waals surface area contributed by atoms with Crippen LogP contribution in [-0.2, 0) is 22.7 Å². The second-order valence-corrected chi connectivity index (χ2v) is 8.31. The Morgan fingerprint density at radius 2 is 2.03 bits per heavy atom. The van der Waals surface area contributed by atoms with Gasteiger partial charge < -0.3 is 14.6 Å². The summed E-state index contributed by atoms with van der Waals surface area (Å²) < 4.78 is 44.6. The average Bonchev–Trinajstić information content (AvgIpc) is 3.14. The molecule has 31 heavy (non-hydrogen) atoms. The molecule has 1 N–H and O–H groups in total. The number of rotatable bonds is 4. The number of hydrogen-bond acceptors (Lipinski definition) is 4. The summed E-state index contributed by atoms with van der Waals surface area (Å²) in [5, 5.41) is 0. The minimum absolute atomic E-state index is 0.315. The van der Waals surface area contributed by atoms with E-state index in [1.165, 1.54) is 5.56 Å². The van der Waals surface area contributed by atoms with Gasteiger partial charge >= 0.3 is 6.18 Å². The Labute approximate surface area is 178 Å². The molecule has 0 saturated heterocycles. The molecule has 162 valence electrons. The molecule has 0 amide bonds. The van der Waals surface area contributed by atoms with E-state index in [0.29, 0.717) is 22.9 Å². The number of pyridine rings is 1. The van der Waals surface area contributed by atoms with Crippen molar-refractivity contribution in [3.8, 4) is 0 Å². The predicted molar refractivity (Wildman–Crippen MR) is 112 cm³/mol. The molecule has 5 rings (SSSR count). The number of ether oxygens (including phenoxy) is 1. The molecule has 3 aromatic rings. The number of halogens is 3. The Hall–Kier alpha value is -3.03. The molecular formula is C23H23F3N4O. The molecular weight excluding hydrogens is 405 g/mol. The fraction of sp³-hybridized carbons (Fsp3) is 0.391. The zero-order valence-corrected chi connectivity index (χ0v) is 17.2. The molecule has 3 heterocycles. The maximum atomic E-state index is 13.1. The van der Waals surface area contributed by atoms with E-state index < -0.39 is 11.7 Å². The monoisotopic (exact) mass is 428 g/mol. The van der Waals surface area contributed by atoms with Gasteiger partial charge in [0.2, 0.25) is 0 Å². The first-order valence-corrected chi connectivity index (χ1v) is 10.4.